The highest BCUT2D eigenvalue weighted by Gasteiger charge is 2.37. The molecule has 0 aliphatic heterocycles. The lowest BCUT2D eigenvalue weighted by Gasteiger charge is -2.11. The number of anilines is 1. The van der Waals surface area contributed by atoms with Gasteiger partial charge in [-0.3, -0.25) is 0 Å². The maximum Gasteiger partial charge on any atom is 0.138 e. The number of aryl methyl sites for hydroxylation is 2. The predicted octanol–water partition coefficient (Wildman–Crippen LogP) is 3.52. The Morgan fingerprint density at radius 2 is 2.12 bits per heavy atom. The van der Waals surface area contributed by atoms with Gasteiger partial charge in [-0.05, 0) is 37.7 Å². The second-order valence-electron chi connectivity index (χ2n) is 5.35. The van der Waals surface area contributed by atoms with E-state index in [-0.39, 0.29) is 0 Å². The number of hydrogen-bond donors (Lipinski definition) is 1. The van der Waals surface area contributed by atoms with Crippen LogP contribution in [0.25, 0.3) is 10.2 Å². The van der Waals surface area contributed by atoms with Gasteiger partial charge in [0.05, 0.1) is 5.39 Å². The quantitative estimate of drug-likeness (QED) is 0.901. The second-order valence-corrected chi connectivity index (χ2v) is 6.55. The zero-order chi connectivity index (χ0) is 12.0. The van der Waals surface area contributed by atoms with Crippen molar-refractivity contribution in [3.63, 3.8) is 0 Å². The topological polar surface area (TPSA) is 37.8 Å². The van der Waals surface area contributed by atoms with Gasteiger partial charge in [-0.2, -0.15) is 0 Å². The van der Waals surface area contributed by atoms with E-state index in [0.29, 0.717) is 5.41 Å². The van der Waals surface area contributed by atoms with E-state index in [9.17, 15) is 0 Å². The Morgan fingerprint density at radius 1 is 1.35 bits per heavy atom. The molecule has 1 N–H and O–H groups in total. The minimum atomic E-state index is 0.496. The van der Waals surface area contributed by atoms with Crippen molar-refractivity contribution in [1.82, 2.24) is 9.97 Å². The number of thiophene rings is 1. The fraction of sp³-hybridized carbons (Fsp3) is 0.538. The molecule has 1 saturated carbocycles. The maximum atomic E-state index is 4.40. The molecule has 0 atom stereocenters. The summed E-state index contributed by atoms with van der Waals surface area (Å²) in [5.74, 6) is 1.00. The maximum absolute atomic E-state index is 4.40. The van der Waals surface area contributed by atoms with Crippen LogP contribution in [0.4, 0.5) is 5.82 Å². The van der Waals surface area contributed by atoms with E-state index in [1.54, 1.807) is 17.7 Å². The predicted molar refractivity (Wildman–Crippen MR) is 72.7 cm³/mol. The summed E-state index contributed by atoms with van der Waals surface area (Å²) in [6.07, 6.45) is 4.32. The third kappa shape index (κ3) is 1.90. The monoisotopic (exact) mass is 247 g/mol. The fourth-order valence-electron chi connectivity index (χ4n) is 2.00. The molecule has 0 aromatic carbocycles. The van der Waals surface area contributed by atoms with Crippen LogP contribution >= 0.6 is 11.3 Å². The van der Waals surface area contributed by atoms with Gasteiger partial charge in [0.2, 0.25) is 0 Å². The molecule has 3 rings (SSSR count). The Labute approximate surface area is 105 Å². The highest BCUT2D eigenvalue weighted by molar-refractivity contribution is 7.18. The van der Waals surface area contributed by atoms with Crippen LogP contribution < -0.4 is 5.32 Å². The first kappa shape index (κ1) is 11.0. The lowest BCUT2D eigenvalue weighted by Crippen LogP contribution is -2.13. The average Bonchev–Trinajstić information content (AvgIpc) is 2.97. The van der Waals surface area contributed by atoms with E-state index in [1.807, 2.05) is 0 Å². The van der Waals surface area contributed by atoms with Crippen molar-refractivity contribution in [1.29, 1.82) is 0 Å². The number of nitrogens with one attached hydrogen (secondary N) is 1. The second kappa shape index (κ2) is 3.67. The van der Waals surface area contributed by atoms with Crippen LogP contribution in [0.1, 0.15) is 30.2 Å². The highest BCUT2D eigenvalue weighted by Crippen LogP contribution is 2.45. The molecule has 0 amide bonds. The molecule has 2 aromatic rings. The van der Waals surface area contributed by atoms with E-state index in [2.05, 4.69) is 36.1 Å². The number of nitrogens with zero attached hydrogens (tertiary/aromatic N) is 2. The average molecular weight is 247 g/mol. The fourth-order valence-corrected chi connectivity index (χ4v) is 3.00. The van der Waals surface area contributed by atoms with Crippen LogP contribution in [0.5, 0.6) is 0 Å². The first-order valence-corrected chi connectivity index (χ1v) is 6.85. The van der Waals surface area contributed by atoms with Gasteiger partial charge in [-0.25, -0.2) is 9.97 Å². The SMILES string of the molecule is Cc1sc2ncnc(NCC3(C)CC3)c2c1C. The molecule has 2 aromatic heterocycles. The van der Waals surface area contributed by atoms with Crippen molar-refractivity contribution in [3.05, 3.63) is 16.8 Å². The van der Waals surface area contributed by atoms with Gasteiger partial charge in [0.1, 0.15) is 17.0 Å². The molecule has 2 heterocycles. The molecular formula is C13H17N3S. The Hall–Kier alpha value is -1.16. The van der Waals surface area contributed by atoms with Crippen LogP contribution in [0, 0.1) is 19.3 Å². The standard InChI is InChI=1S/C13H17N3S/c1-8-9(2)17-12-10(8)11(15-7-16-12)14-6-13(3)4-5-13/h7H,4-6H2,1-3H3,(H,14,15,16). The first-order chi connectivity index (χ1) is 8.09. The van der Waals surface area contributed by atoms with E-state index in [0.717, 1.165) is 17.2 Å². The van der Waals surface area contributed by atoms with E-state index in [4.69, 9.17) is 0 Å². The summed E-state index contributed by atoms with van der Waals surface area (Å²) in [5.41, 5.74) is 1.81. The van der Waals surface area contributed by atoms with Gasteiger partial charge in [0.15, 0.2) is 0 Å². The molecule has 90 valence electrons. The van der Waals surface area contributed by atoms with Crippen LogP contribution in [0.3, 0.4) is 0 Å². The third-order valence-corrected chi connectivity index (χ3v) is 4.87. The first-order valence-electron chi connectivity index (χ1n) is 6.04. The third-order valence-electron chi connectivity index (χ3n) is 3.75. The Bertz CT molecular complexity index is 569. The largest absolute Gasteiger partial charge is 0.369 e. The summed E-state index contributed by atoms with van der Waals surface area (Å²) < 4.78 is 0. The van der Waals surface area contributed by atoms with Crippen LogP contribution in [0.15, 0.2) is 6.33 Å². The Kier molecular flexibility index (Phi) is 2.36. The van der Waals surface area contributed by atoms with Crippen molar-refractivity contribution in [3.8, 4) is 0 Å². The normalized spacial score (nSPS) is 17.4. The summed E-state index contributed by atoms with van der Waals surface area (Å²) in [4.78, 5) is 11.2. The number of hydrogen-bond acceptors (Lipinski definition) is 4. The molecule has 3 nitrogen and oxygen atoms in total. The van der Waals surface area contributed by atoms with Crippen molar-refractivity contribution in [2.24, 2.45) is 5.41 Å². The zero-order valence-electron chi connectivity index (χ0n) is 10.5. The molecule has 1 fully saturated rings. The molecule has 0 spiro atoms. The van der Waals surface area contributed by atoms with Crippen molar-refractivity contribution >= 4 is 27.4 Å². The molecule has 1 aliphatic rings. The molecule has 0 unspecified atom stereocenters. The smallest absolute Gasteiger partial charge is 0.138 e. The zero-order valence-corrected chi connectivity index (χ0v) is 11.3. The molecule has 17 heavy (non-hydrogen) atoms. The van der Waals surface area contributed by atoms with Gasteiger partial charge in [-0.15, -0.1) is 11.3 Å². The van der Waals surface area contributed by atoms with Gasteiger partial charge in [0, 0.05) is 11.4 Å². The van der Waals surface area contributed by atoms with E-state index < -0.39 is 0 Å². The lowest BCUT2D eigenvalue weighted by atomic mass is 10.1. The summed E-state index contributed by atoms with van der Waals surface area (Å²) in [6.45, 7) is 7.65. The van der Waals surface area contributed by atoms with E-state index in [1.165, 1.54) is 28.7 Å². The lowest BCUT2D eigenvalue weighted by molar-refractivity contribution is 0.610. The summed E-state index contributed by atoms with van der Waals surface area (Å²) in [5, 5.41) is 4.71. The van der Waals surface area contributed by atoms with Gasteiger partial charge in [-0.1, -0.05) is 6.92 Å². The minimum Gasteiger partial charge on any atom is -0.369 e. The molecule has 1 aliphatic carbocycles. The summed E-state index contributed by atoms with van der Waals surface area (Å²) in [6, 6.07) is 0. The molecule has 0 radical (unpaired) electrons. The molecule has 0 bridgehead atoms. The van der Waals surface area contributed by atoms with Crippen molar-refractivity contribution in [2.75, 3.05) is 11.9 Å². The number of rotatable bonds is 3. The molecule has 0 saturated heterocycles. The summed E-state index contributed by atoms with van der Waals surface area (Å²) in [7, 11) is 0. The molecular weight excluding hydrogens is 230 g/mol. The van der Waals surface area contributed by atoms with Crippen LogP contribution in [-0.4, -0.2) is 16.5 Å². The number of fused-ring (bicyclic) bond motifs is 1. The highest BCUT2D eigenvalue weighted by atomic mass is 32.1. The van der Waals surface area contributed by atoms with Crippen molar-refractivity contribution < 1.29 is 0 Å². The van der Waals surface area contributed by atoms with E-state index >= 15 is 0 Å². The van der Waals surface area contributed by atoms with Crippen LogP contribution in [-0.2, 0) is 0 Å². The number of aromatic nitrogens is 2. The summed E-state index contributed by atoms with van der Waals surface area (Å²) >= 11 is 1.75. The minimum absolute atomic E-state index is 0.496. The van der Waals surface area contributed by atoms with Crippen molar-refractivity contribution in [2.45, 2.75) is 33.6 Å². The van der Waals surface area contributed by atoms with Gasteiger partial charge in [0.25, 0.3) is 0 Å². The van der Waals surface area contributed by atoms with Crippen LogP contribution in [0.2, 0.25) is 0 Å². The van der Waals surface area contributed by atoms with Gasteiger partial charge < -0.3 is 5.32 Å². The Balaban J connectivity index is 1.97. The van der Waals surface area contributed by atoms with Gasteiger partial charge >= 0.3 is 0 Å². The molecule has 4 heteroatoms. The Morgan fingerprint density at radius 3 is 2.82 bits per heavy atom.